The number of nitrogens with one attached hydrogen (secondary N) is 3. The average Bonchev–Trinajstić information content (AvgIpc) is 3.23. The number of benzene rings is 2. The third kappa shape index (κ3) is 5.42. The SMILES string of the molecule is CCCCOc1ccc(NC(=O)CSC2=N[C@H](c3c[nH]c4ccccc34)N=C(N)N2)cc1. The minimum atomic E-state index is -0.460. The number of anilines is 1. The molecule has 2 heterocycles. The van der Waals surface area contributed by atoms with E-state index in [0.29, 0.717) is 11.8 Å². The van der Waals surface area contributed by atoms with Gasteiger partial charge in [-0.15, -0.1) is 0 Å². The molecule has 9 heteroatoms. The van der Waals surface area contributed by atoms with Crippen molar-refractivity contribution in [2.75, 3.05) is 17.7 Å². The van der Waals surface area contributed by atoms with Crippen molar-refractivity contribution < 1.29 is 9.53 Å². The Morgan fingerprint density at radius 3 is 2.81 bits per heavy atom. The van der Waals surface area contributed by atoms with Crippen LogP contribution in [-0.2, 0) is 4.79 Å². The number of nitrogens with zero attached hydrogens (tertiary/aromatic N) is 2. The summed E-state index contributed by atoms with van der Waals surface area (Å²) in [5, 5.41) is 7.43. The zero-order valence-corrected chi connectivity index (χ0v) is 18.6. The van der Waals surface area contributed by atoms with E-state index in [1.165, 1.54) is 11.8 Å². The van der Waals surface area contributed by atoms with Gasteiger partial charge in [0.2, 0.25) is 5.91 Å². The van der Waals surface area contributed by atoms with Crippen LogP contribution >= 0.6 is 11.8 Å². The predicted molar refractivity (Wildman–Crippen MR) is 131 cm³/mol. The summed E-state index contributed by atoms with van der Waals surface area (Å²) >= 11 is 1.28. The van der Waals surface area contributed by atoms with Crippen LogP contribution in [0.1, 0.15) is 31.5 Å². The standard InChI is InChI=1S/C23H26N6O2S/c1-2-3-12-31-16-10-8-15(9-11-16)26-20(30)14-32-23-28-21(27-22(24)29-23)18-13-25-19-7-5-4-6-17(18)19/h4-11,13,21,25H,2-3,12,14H2,1H3,(H,26,30)(H3,24,27,28,29)/t21-/m1/s1. The van der Waals surface area contributed by atoms with Crippen molar-refractivity contribution in [2.24, 2.45) is 15.7 Å². The van der Waals surface area contributed by atoms with Crippen LogP contribution in [0.2, 0.25) is 0 Å². The van der Waals surface area contributed by atoms with E-state index in [4.69, 9.17) is 10.5 Å². The third-order valence-electron chi connectivity index (χ3n) is 4.88. The summed E-state index contributed by atoms with van der Waals surface area (Å²) in [4.78, 5) is 24.7. The van der Waals surface area contributed by atoms with Gasteiger partial charge in [0.25, 0.3) is 0 Å². The predicted octanol–water partition coefficient (Wildman–Crippen LogP) is 3.99. The maximum absolute atomic E-state index is 12.4. The Hall–Kier alpha value is -3.46. The van der Waals surface area contributed by atoms with Gasteiger partial charge in [0.15, 0.2) is 17.3 Å². The first-order chi connectivity index (χ1) is 15.6. The Morgan fingerprint density at radius 2 is 2.00 bits per heavy atom. The van der Waals surface area contributed by atoms with Crippen molar-refractivity contribution in [3.05, 3.63) is 60.3 Å². The summed E-state index contributed by atoms with van der Waals surface area (Å²) in [6.07, 6.45) is 3.54. The van der Waals surface area contributed by atoms with Crippen molar-refractivity contribution in [3.63, 3.8) is 0 Å². The minimum absolute atomic E-state index is 0.135. The van der Waals surface area contributed by atoms with Gasteiger partial charge in [0, 0.05) is 28.4 Å². The first-order valence-corrected chi connectivity index (χ1v) is 11.5. The summed E-state index contributed by atoms with van der Waals surface area (Å²) < 4.78 is 5.64. The first-order valence-electron chi connectivity index (χ1n) is 10.5. The highest BCUT2D eigenvalue weighted by Crippen LogP contribution is 2.29. The van der Waals surface area contributed by atoms with E-state index in [2.05, 4.69) is 32.5 Å². The molecule has 166 valence electrons. The molecule has 5 N–H and O–H groups in total. The molecular weight excluding hydrogens is 424 g/mol. The zero-order chi connectivity index (χ0) is 22.3. The van der Waals surface area contributed by atoms with Gasteiger partial charge in [0.1, 0.15) is 5.75 Å². The normalized spacial score (nSPS) is 15.6. The molecular formula is C23H26N6O2S. The molecule has 32 heavy (non-hydrogen) atoms. The second-order valence-corrected chi connectivity index (χ2v) is 8.26. The molecule has 0 aliphatic carbocycles. The number of carbonyl (C=O) groups excluding carboxylic acids is 1. The quantitative estimate of drug-likeness (QED) is 0.387. The zero-order valence-electron chi connectivity index (χ0n) is 17.8. The van der Waals surface area contributed by atoms with E-state index in [0.717, 1.165) is 40.7 Å². The summed E-state index contributed by atoms with van der Waals surface area (Å²) in [6, 6.07) is 15.3. The molecule has 0 radical (unpaired) electrons. The number of unbranched alkanes of at least 4 members (excludes halogenated alkanes) is 1. The second-order valence-electron chi connectivity index (χ2n) is 7.30. The van der Waals surface area contributed by atoms with E-state index in [1.54, 1.807) is 0 Å². The molecule has 0 bridgehead atoms. The van der Waals surface area contributed by atoms with Gasteiger partial charge in [-0.2, -0.15) is 0 Å². The number of ether oxygens (including phenoxy) is 1. The van der Waals surface area contributed by atoms with E-state index in [-0.39, 0.29) is 17.6 Å². The van der Waals surface area contributed by atoms with Crippen LogP contribution in [0.15, 0.2) is 64.7 Å². The monoisotopic (exact) mass is 450 g/mol. The van der Waals surface area contributed by atoms with Crippen LogP contribution in [0, 0.1) is 0 Å². The fraction of sp³-hybridized carbons (Fsp3) is 0.261. The molecule has 8 nitrogen and oxygen atoms in total. The number of aliphatic imine (C=N–C) groups is 2. The Bertz CT molecular complexity index is 1140. The van der Waals surface area contributed by atoms with Crippen molar-refractivity contribution >= 4 is 45.4 Å². The summed E-state index contributed by atoms with van der Waals surface area (Å²) in [5.41, 5.74) is 8.65. The van der Waals surface area contributed by atoms with Crippen LogP contribution < -0.4 is 21.1 Å². The number of fused-ring (bicyclic) bond motifs is 1. The van der Waals surface area contributed by atoms with E-state index in [9.17, 15) is 4.79 Å². The average molecular weight is 451 g/mol. The molecule has 1 aliphatic rings. The van der Waals surface area contributed by atoms with Gasteiger partial charge in [-0.1, -0.05) is 43.3 Å². The van der Waals surface area contributed by atoms with E-state index >= 15 is 0 Å². The highest BCUT2D eigenvalue weighted by Gasteiger charge is 2.20. The molecule has 0 saturated heterocycles. The van der Waals surface area contributed by atoms with Crippen molar-refractivity contribution in [1.82, 2.24) is 10.3 Å². The molecule has 0 fully saturated rings. The van der Waals surface area contributed by atoms with Crippen molar-refractivity contribution in [3.8, 4) is 5.75 Å². The number of guanidine groups is 1. The maximum atomic E-state index is 12.4. The Morgan fingerprint density at radius 1 is 1.19 bits per heavy atom. The van der Waals surface area contributed by atoms with Gasteiger partial charge in [0.05, 0.1) is 12.4 Å². The number of para-hydroxylation sites is 1. The maximum Gasteiger partial charge on any atom is 0.234 e. The second kappa shape index (κ2) is 10.2. The largest absolute Gasteiger partial charge is 0.494 e. The van der Waals surface area contributed by atoms with Gasteiger partial charge < -0.3 is 26.1 Å². The molecule has 4 rings (SSSR count). The molecule has 1 aromatic heterocycles. The summed E-state index contributed by atoms with van der Waals surface area (Å²) in [5.74, 6) is 1.12. The van der Waals surface area contributed by atoms with Gasteiger partial charge >= 0.3 is 0 Å². The number of H-pyrrole nitrogens is 1. The molecule has 0 spiro atoms. The Balaban J connectivity index is 1.34. The lowest BCUT2D eigenvalue weighted by atomic mass is 10.1. The topological polar surface area (TPSA) is 117 Å². The van der Waals surface area contributed by atoms with Crippen LogP contribution in [0.4, 0.5) is 5.69 Å². The molecule has 1 amide bonds. The summed E-state index contributed by atoms with van der Waals surface area (Å²) in [7, 11) is 0. The number of carbonyl (C=O) groups is 1. The smallest absolute Gasteiger partial charge is 0.234 e. The number of amides is 1. The van der Waals surface area contributed by atoms with Gasteiger partial charge in [-0.05, 0) is 36.8 Å². The first kappa shape index (κ1) is 21.8. The van der Waals surface area contributed by atoms with Gasteiger partial charge in [-0.25, -0.2) is 9.98 Å². The number of hydrogen-bond acceptors (Lipinski definition) is 7. The molecule has 2 aromatic carbocycles. The number of aromatic amines is 1. The van der Waals surface area contributed by atoms with E-state index in [1.807, 2.05) is 54.7 Å². The molecule has 0 saturated carbocycles. The molecule has 3 aromatic rings. The van der Waals surface area contributed by atoms with Crippen LogP contribution in [0.5, 0.6) is 5.75 Å². The highest BCUT2D eigenvalue weighted by molar-refractivity contribution is 8.14. The number of nitrogens with two attached hydrogens (primary N) is 1. The summed E-state index contributed by atoms with van der Waals surface area (Å²) in [6.45, 7) is 2.82. The molecule has 1 aliphatic heterocycles. The van der Waals surface area contributed by atoms with Crippen LogP contribution in [-0.4, -0.2) is 34.4 Å². The fourth-order valence-electron chi connectivity index (χ4n) is 3.27. The lowest BCUT2D eigenvalue weighted by molar-refractivity contribution is -0.113. The fourth-order valence-corrected chi connectivity index (χ4v) is 3.96. The lowest BCUT2D eigenvalue weighted by Crippen LogP contribution is -2.39. The Kier molecular flexibility index (Phi) is 6.96. The lowest BCUT2D eigenvalue weighted by Gasteiger charge is -2.18. The number of thioether (sulfide) groups is 1. The molecule has 1 atom stereocenters. The number of amidine groups is 1. The van der Waals surface area contributed by atoms with Crippen LogP contribution in [0.3, 0.4) is 0 Å². The van der Waals surface area contributed by atoms with Crippen molar-refractivity contribution in [1.29, 1.82) is 0 Å². The number of aromatic nitrogens is 1. The number of hydrogen-bond donors (Lipinski definition) is 4. The Labute approximate surface area is 190 Å². The number of rotatable bonds is 8. The van der Waals surface area contributed by atoms with Crippen LogP contribution in [0.25, 0.3) is 10.9 Å². The third-order valence-corrected chi connectivity index (χ3v) is 5.77. The van der Waals surface area contributed by atoms with E-state index < -0.39 is 6.17 Å². The highest BCUT2D eigenvalue weighted by atomic mass is 32.2. The molecule has 0 unspecified atom stereocenters. The van der Waals surface area contributed by atoms with Gasteiger partial charge in [-0.3, -0.25) is 4.79 Å². The minimum Gasteiger partial charge on any atom is -0.494 e. The van der Waals surface area contributed by atoms with Crippen molar-refractivity contribution in [2.45, 2.75) is 25.9 Å².